The van der Waals surface area contributed by atoms with Crippen molar-refractivity contribution in [1.29, 1.82) is 0 Å². The van der Waals surface area contributed by atoms with Crippen LogP contribution in [0.25, 0.3) is 11.4 Å². The molecule has 3 aromatic rings. The van der Waals surface area contributed by atoms with Crippen molar-refractivity contribution in [3.8, 4) is 11.4 Å². The van der Waals surface area contributed by atoms with Crippen molar-refractivity contribution in [2.24, 2.45) is 0 Å². The molecule has 10 heteroatoms. The van der Waals surface area contributed by atoms with Crippen molar-refractivity contribution in [2.75, 3.05) is 18.4 Å². The Bertz CT molecular complexity index is 1220. The maximum absolute atomic E-state index is 14.4. The second-order valence-electron chi connectivity index (χ2n) is 7.25. The molecule has 1 amide bonds. The van der Waals surface area contributed by atoms with Gasteiger partial charge in [-0.2, -0.15) is 9.29 Å². The summed E-state index contributed by atoms with van der Waals surface area (Å²) in [7, 11) is -4.02. The third-order valence-electron chi connectivity index (χ3n) is 5.07. The quantitative estimate of drug-likeness (QED) is 0.645. The molecule has 0 atom stereocenters. The minimum atomic E-state index is -4.02. The van der Waals surface area contributed by atoms with Crippen LogP contribution in [-0.4, -0.2) is 41.9 Å². The highest BCUT2D eigenvalue weighted by molar-refractivity contribution is 7.89. The molecule has 1 aromatic heterocycles. The molecule has 1 N–H and O–H groups in total. The Hall–Kier alpha value is -3.11. The van der Waals surface area contributed by atoms with E-state index < -0.39 is 26.6 Å². The number of anilines is 1. The van der Waals surface area contributed by atoms with E-state index in [1.165, 1.54) is 10.4 Å². The Labute approximate surface area is 179 Å². The summed E-state index contributed by atoms with van der Waals surface area (Å²) in [4.78, 5) is 16.5. The minimum absolute atomic E-state index is 0.0241. The van der Waals surface area contributed by atoms with Gasteiger partial charge < -0.3 is 9.84 Å². The molecule has 8 nitrogen and oxygen atoms in total. The Morgan fingerprint density at radius 1 is 1.13 bits per heavy atom. The summed E-state index contributed by atoms with van der Waals surface area (Å²) in [5.41, 5.74) is 0.977. The van der Waals surface area contributed by atoms with Crippen LogP contribution in [0.5, 0.6) is 0 Å². The van der Waals surface area contributed by atoms with Gasteiger partial charge in [-0.3, -0.25) is 4.79 Å². The molecular formula is C21H21FN4O4S. The number of benzene rings is 2. The first-order valence-corrected chi connectivity index (χ1v) is 11.3. The van der Waals surface area contributed by atoms with Crippen molar-refractivity contribution in [1.82, 2.24) is 14.4 Å². The van der Waals surface area contributed by atoms with Gasteiger partial charge in [0.05, 0.1) is 5.69 Å². The van der Waals surface area contributed by atoms with Gasteiger partial charge in [-0.1, -0.05) is 23.7 Å². The Morgan fingerprint density at radius 2 is 1.87 bits per heavy atom. The molecule has 2 heterocycles. The molecule has 1 aliphatic heterocycles. The van der Waals surface area contributed by atoms with Gasteiger partial charge in [0.15, 0.2) is 0 Å². The first-order valence-electron chi connectivity index (χ1n) is 9.87. The molecule has 162 valence electrons. The molecule has 2 aromatic carbocycles. The van der Waals surface area contributed by atoms with E-state index in [0.717, 1.165) is 31.4 Å². The third-order valence-corrected chi connectivity index (χ3v) is 6.98. The van der Waals surface area contributed by atoms with Gasteiger partial charge in [-0.05, 0) is 43.2 Å². The van der Waals surface area contributed by atoms with Gasteiger partial charge in [0, 0.05) is 31.1 Å². The van der Waals surface area contributed by atoms with E-state index in [1.54, 1.807) is 31.2 Å². The second-order valence-corrected chi connectivity index (χ2v) is 9.15. The molecule has 31 heavy (non-hydrogen) atoms. The number of nitrogens with zero attached hydrogens (tertiary/aromatic N) is 3. The lowest BCUT2D eigenvalue weighted by Gasteiger charge is -2.26. The van der Waals surface area contributed by atoms with Crippen LogP contribution in [0, 0.1) is 12.7 Å². The molecule has 0 radical (unpaired) electrons. The zero-order valence-electron chi connectivity index (χ0n) is 16.8. The van der Waals surface area contributed by atoms with Crippen LogP contribution >= 0.6 is 0 Å². The highest BCUT2D eigenvalue weighted by Gasteiger charge is 2.29. The largest absolute Gasteiger partial charge is 0.339 e. The standard InChI is InChI=1S/C21H21FN4O4S/c1-14-23-20(25-30-14)16-7-3-4-8-18(16)24-21(27)15-9-10-17(22)19(13-15)31(28,29)26-11-5-2-6-12-26/h3-4,7-10,13H,2,5-6,11-12H2,1H3,(H,24,27). The maximum atomic E-state index is 14.4. The van der Waals surface area contributed by atoms with Crippen LogP contribution in [-0.2, 0) is 10.0 Å². The molecule has 0 bridgehead atoms. The van der Waals surface area contributed by atoms with Crippen LogP contribution in [0.2, 0.25) is 0 Å². The van der Waals surface area contributed by atoms with Gasteiger partial charge in [-0.15, -0.1) is 0 Å². The lowest BCUT2D eigenvalue weighted by atomic mass is 10.1. The minimum Gasteiger partial charge on any atom is -0.339 e. The number of carbonyl (C=O) groups excluding carboxylic acids is 1. The van der Waals surface area contributed by atoms with Crippen LogP contribution in [0.1, 0.15) is 35.5 Å². The molecule has 1 fully saturated rings. The van der Waals surface area contributed by atoms with Crippen LogP contribution in [0.15, 0.2) is 51.9 Å². The second kappa shape index (κ2) is 8.56. The van der Waals surface area contributed by atoms with Crippen LogP contribution < -0.4 is 5.32 Å². The lowest BCUT2D eigenvalue weighted by Crippen LogP contribution is -2.36. The van der Waals surface area contributed by atoms with Crippen LogP contribution in [0.4, 0.5) is 10.1 Å². The average Bonchev–Trinajstić information content (AvgIpc) is 3.21. The van der Waals surface area contributed by atoms with Gasteiger partial charge in [0.25, 0.3) is 5.91 Å². The Kier molecular flexibility index (Phi) is 5.84. The fraction of sp³-hybridized carbons (Fsp3) is 0.286. The molecule has 0 unspecified atom stereocenters. The molecule has 1 aliphatic rings. The molecule has 0 aliphatic carbocycles. The predicted octanol–water partition coefficient (Wildman–Crippen LogP) is 3.61. The number of hydrogen-bond donors (Lipinski definition) is 1. The number of sulfonamides is 1. The van der Waals surface area contributed by atoms with E-state index in [-0.39, 0.29) is 5.56 Å². The smallest absolute Gasteiger partial charge is 0.255 e. The first kappa shape index (κ1) is 21.1. The zero-order chi connectivity index (χ0) is 22.0. The van der Waals surface area contributed by atoms with E-state index in [1.807, 2.05) is 0 Å². The first-order chi connectivity index (χ1) is 14.9. The van der Waals surface area contributed by atoms with Gasteiger partial charge in [0.1, 0.15) is 10.7 Å². The molecule has 1 saturated heterocycles. The predicted molar refractivity (Wildman–Crippen MR) is 111 cm³/mol. The zero-order valence-corrected chi connectivity index (χ0v) is 17.7. The summed E-state index contributed by atoms with van der Waals surface area (Å²) >= 11 is 0. The summed E-state index contributed by atoms with van der Waals surface area (Å²) in [6.07, 6.45) is 2.40. The number of hydrogen-bond acceptors (Lipinski definition) is 6. The summed E-state index contributed by atoms with van der Waals surface area (Å²) in [6, 6.07) is 10.2. The van der Waals surface area contributed by atoms with Crippen molar-refractivity contribution < 1.29 is 22.1 Å². The average molecular weight is 444 g/mol. The number of carbonyl (C=O) groups is 1. The number of amides is 1. The normalized spacial score (nSPS) is 15.0. The number of rotatable bonds is 5. The van der Waals surface area contributed by atoms with Gasteiger partial charge in [0.2, 0.25) is 21.7 Å². The third kappa shape index (κ3) is 4.35. The number of para-hydroxylation sites is 1. The van der Waals surface area contributed by atoms with E-state index in [0.29, 0.717) is 36.1 Å². The monoisotopic (exact) mass is 444 g/mol. The highest BCUT2D eigenvalue weighted by Crippen LogP contribution is 2.27. The van der Waals surface area contributed by atoms with E-state index in [2.05, 4.69) is 15.5 Å². The summed E-state index contributed by atoms with van der Waals surface area (Å²) in [5, 5.41) is 6.59. The van der Waals surface area contributed by atoms with Crippen molar-refractivity contribution in [3.05, 3.63) is 59.7 Å². The van der Waals surface area contributed by atoms with Gasteiger partial charge in [-0.25, -0.2) is 12.8 Å². The van der Waals surface area contributed by atoms with Gasteiger partial charge >= 0.3 is 0 Å². The molecular weight excluding hydrogens is 423 g/mol. The Morgan fingerprint density at radius 3 is 2.58 bits per heavy atom. The molecule has 0 spiro atoms. The lowest BCUT2D eigenvalue weighted by molar-refractivity contribution is 0.102. The number of piperidine rings is 1. The highest BCUT2D eigenvalue weighted by atomic mass is 32.2. The van der Waals surface area contributed by atoms with Crippen molar-refractivity contribution in [2.45, 2.75) is 31.1 Å². The summed E-state index contributed by atoms with van der Waals surface area (Å²) in [6.45, 7) is 2.34. The summed E-state index contributed by atoms with van der Waals surface area (Å²) in [5.74, 6) is -0.782. The van der Waals surface area contributed by atoms with E-state index in [9.17, 15) is 17.6 Å². The topological polar surface area (TPSA) is 105 Å². The fourth-order valence-corrected chi connectivity index (χ4v) is 5.08. The number of aromatic nitrogens is 2. The molecule has 0 saturated carbocycles. The van der Waals surface area contributed by atoms with Crippen molar-refractivity contribution >= 4 is 21.6 Å². The maximum Gasteiger partial charge on any atom is 0.255 e. The summed E-state index contributed by atoms with van der Waals surface area (Å²) < 4.78 is 46.5. The fourth-order valence-electron chi connectivity index (χ4n) is 3.48. The number of halogens is 1. The Balaban J connectivity index is 1.63. The molecule has 4 rings (SSSR count). The SMILES string of the molecule is Cc1nc(-c2ccccc2NC(=O)c2ccc(F)c(S(=O)(=O)N3CCCCC3)c2)no1. The van der Waals surface area contributed by atoms with E-state index >= 15 is 0 Å². The number of nitrogens with one attached hydrogen (secondary N) is 1. The van der Waals surface area contributed by atoms with Crippen LogP contribution in [0.3, 0.4) is 0 Å². The number of aryl methyl sites for hydroxylation is 1. The van der Waals surface area contributed by atoms with E-state index in [4.69, 9.17) is 4.52 Å². The van der Waals surface area contributed by atoms with Crippen molar-refractivity contribution in [3.63, 3.8) is 0 Å².